The quantitative estimate of drug-likeness (QED) is 0.176. The number of amides is 1. The highest BCUT2D eigenvalue weighted by Gasteiger charge is 2.18. The first kappa shape index (κ1) is 27.0. The van der Waals surface area contributed by atoms with Crippen molar-refractivity contribution in [2.75, 3.05) is 39.8 Å². The van der Waals surface area contributed by atoms with Crippen LogP contribution in [0.1, 0.15) is 48.0 Å². The van der Waals surface area contributed by atoms with Crippen molar-refractivity contribution in [3.63, 3.8) is 0 Å². The molecule has 0 aliphatic carbocycles. The zero-order chi connectivity index (χ0) is 21.8. The Bertz CT molecular complexity index is 790. The van der Waals surface area contributed by atoms with E-state index in [2.05, 4.69) is 64.0 Å². The van der Waals surface area contributed by atoms with E-state index in [1.165, 1.54) is 11.8 Å². The van der Waals surface area contributed by atoms with Gasteiger partial charge in [-0.3, -0.25) is 14.7 Å². The van der Waals surface area contributed by atoms with Crippen LogP contribution in [0.2, 0.25) is 0 Å². The van der Waals surface area contributed by atoms with Gasteiger partial charge in [-0.15, -0.1) is 24.0 Å². The minimum Gasteiger partial charge on any atom is -0.459 e. The van der Waals surface area contributed by atoms with Gasteiger partial charge in [0.2, 0.25) is 0 Å². The fourth-order valence-electron chi connectivity index (χ4n) is 3.39. The Morgan fingerprint density at radius 2 is 1.74 bits per heavy atom. The van der Waals surface area contributed by atoms with Crippen molar-refractivity contribution in [3.8, 4) is 0 Å². The summed E-state index contributed by atoms with van der Waals surface area (Å²) in [5, 5.41) is 9.64. The lowest BCUT2D eigenvalue weighted by Gasteiger charge is -2.30. The first-order valence-electron chi connectivity index (χ1n) is 10.7. The van der Waals surface area contributed by atoms with E-state index in [1.807, 2.05) is 13.0 Å². The predicted octanol–water partition coefficient (Wildman–Crippen LogP) is 3.57. The zero-order valence-corrected chi connectivity index (χ0v) is 21.3. The molecule has 7 nitrogen and oxygen atoms in total. The lowest BCUT2D eigenvalue weighted by Crippen LogP contribution is -2.43. The Morgan fingerprint density at radius 1 is 1.06 bits per heavy atom. The summed E-state index contributed by atoms with van der Waals surface area (Å²) in [5.74, 6) is 0.963. The van der Waals surface area contributed by atoms with Gasteiger partial charge in [0.05, 0.1) is 12.3 Å². The van der Waals surface area contributed by atoms with E-state index in [4.69, 9.17) is 4.42 Å². The fraction of sp³-hybridized carbons (Fsp3) is 0.478. The number of aliphatic imine (C=N–C) groups is 1. The minimum atomic E-state index is -0.176. The number of carbonyl (C=O) groups excluding carboxylic acids is 1. The lowest BCUT2D eigenvalue weighted by molar-refractivity contribution is 0.0925. The van der Waals surface area contributed by atoms with E-state index in [0.717, 1.165) is 37.6 Å². The summed E-state index contributed by atoms with van der Waals surface area (Å²) in [4.78, 5) is 18.8. The number of nitrogens with zero attached hydrogens (tertiary/aromatic N) is 2. The second-order valence-corrected chi connectivity index (χ2v) is 7.07. The van der Waals surface area contributed by atoms with E-state index in [0.29, 0.717) is 18.8 Å². The maximum atomic E-state index is 12.0. The van der Waals surface area contributed by atoms with Gasteiger partial charge in [-0.1, -0.05) is 44.2 Å². The van der Waals surface area contributed by atoms with Gasteiger partial charge in [-0.25, -0.2) is 0 Å². The third-order valence-corrected chi connectivity index (χ3v) is 5.12. The summed E-state index contributed by atoms with van der Waals surface area (Å²) >= 11 is 0. The molecule has 0 bridgehead atoms. The van der Waals surface area contributed by atoms with Crippen LogP contribution in [0.25, 0.3) is 0 Å². The van der Waals surface area contributed by atoms with Crippen molar-refractivity contribution in [1.82, 2.24) is 20.9 Å². The number of likely N-dealkylation sites (N-methyl/N-ethyl adjacent to an activating group) is 1. The second-order valence-electron chi connectivity index (χ2n) is 7.07. The number of guanidine groups is 1. The normalized spacial score (nSPS) is 12.2. The average Bonchev–Trinajstić information content (AvgIpc) is 3.21. The van der Waals surface area contributed by atoms with Crippen molar-refractivity contribution in [2.45, 2.75) is 33.2 Å². The molecule has 1 heterocycles. The summed E-state index contributed by atoms with van der Waals surface area (Å²) in [6.45, 7) is 10.2. The summed E-state index contributed by atoms with van der Waals surface area (Å²) in [6, 6.07) is 12.6. The first-order valence-corrected chi connectivity index (χ1v) is 10.7. The number of carbonyl (C=O) groups is 1. The molecule has 0 radical (unpaired) electrons. The molecular formula is C23H36IN5O2. The van der Waals surface area contributed by atoms with E-state index in [-0.39, 0.29) is 35.9 Å². The monoisotopic (exact) mass is 541 g/mol. The molecule has 0 fully saturated rings. The molecule has 0 aliphatic rings. The molecule has 31 heavy (non-hydrogen) atoms. The molecular weight excluding hydrogens is 505 g/mol. The summed E-state index contributed by atoms with van der Waals surface area (Å²) in [5.41, 5.74) is 2.14. The summed E-state index contributed by atoms with van der Waals surface area (Å²) in [7, 11) is 1.77. The molecule has 0 saturated heterocycles. The Morgan fingerprint density at radius 3 is 2.32 bits per heavy atom. The van der Waals surface area contributed by atoms with Crippen LogP contribution >= 0.6 is 24.0 Å². The van der Waals surface area contributed by atoms with Crippen LogP contribution in [0, 0.1) is 6.92 Å². The molecule has 3 N–H and O–H groups in total. The molecule has 1 aromatic carbocycles. The van der Waals surface area contributed by atoms with Crippen molar-refractivity contribution in [3.05, 3.63) is 59.5 Å². The van der Waals surface area contributed by atoms with Crippen LogP contribution < -0.4 is 16.0 Å². The zero-order valence-electron chi connectivity index (χ0n) is 19.0. The van der Waals surface area contributed by atoms with Gasteiger partial charge in [0.1, 0.15) is 0 Å². The first-order chi connectivity index (χ1) is 14.6. The molecule has 1 unspecified atom stereocenters. The molecule has 2 rings (SSSR count). The maximum absolute atomic E-state index is 12.0. The molecule has 8 heteroatoms. The SMILES string of the molecule is CCN(CC)C(CNC(=NC)NCCCNC(=O)c1occc1C)c1ccccc1.I. The Hall–Kier alpha value is -2.07. The molecule has 172 valence electrons. The standard InChI is InChI=1S/C23H35N5O2.HI/c1-5-28(6-2)20(19-11-8-7-9-12-19)17-27-23(24-4)26-15-10-14-25-22(29)21-18(3)13-16-30-21;/h7-9,11-13,16,20H,5-6,10,14-15,17H2,1-4H3,(H,25,29)(H2,24,26,27);1H. The highest BCUT2D eigenvalue weighted by atomic mass is 127. The fourth-order valence-corrected chi connectivity index (χ4v) is 3.39. The maximum Gasteiger partial charge on any atom is 0.287 e. The third kappa shape index (κ3) is 8.53. The molecule has 0 saturated carbocycles. The largest absolute Gasteiger partial charge is 0.459 e. The molecule has 1 amide bonds. The molecule has 0 aliphatic heterocycles. The number of halogens is 1. The molecule has 1 atom stereocenters. The molecule has 2 aromatic rings. The summed E-state index contributed by atoms with van der Waals surface area (Å²) < 4.78 is 5.21. The van der Waals surface area contributed by atoms with E-state index < -0.39 is 0 Å². The van der Waals surface area contributed by atoms with E-state index >= 15 is 0 Å². The average molecular weight is 541 g/mol. The number of aryl methyl sites for hydroxylation is 1. The van der Waals surface area contributed by atoms with Gasteiger partial charge >= 0.3 is 0 Å². The topological polar surface area (TPSA) is 81.9 Å². The molecule has 0 spiro atoms. The van der Waals surface area contributed by atoms with Gasteiger partial charge < -0.3 is 20.4 Å². The number of nitrogens with one attached hydrogen (secondary N) is 3. The van der Waals surface area contributed by atoms with Crippen molar-refractivity contribution >= 4 is 35.8 Å². The number of rotatable bonds is 11. The summed E-state index contributed by atoms with van der Waals surface area (Å²) in [6.07, 6.45) is 2.31. The van der Waals surface area contributed by atoms with Crippen LogP contribution in [0.5, 0.6) is 0 Å². The minimum absolute atomic E-state index is 0. The smallest absolute Gasteiger partial charge is 0.287 e. The third-order valence-electron chi connectivity index (χ3n) is 5.12. The number of furan rings is 1. The van der Waals surface area contributed by atoms with Crippen LogP contribution in [0.15, 0.2) is 52.1 Å². The highest BCUT2D eigenvalue weighted by molar-refractivity contribution is 14.0. The second kappa shape index (κ2) is 14.9. The van der Waals surface area contributed by atoms with Crippen molar-refractivity contribution in [1.29, 1.82) is 0 Å². The predicted molar refractivity (Wildman–Crippen MR) is 137 cm³/mol. The Kier molecular flexibility index (Phi) is 12.9. The lowest BCUT2D eigenvalue weighted by atomic mass is 10.1. The highest BCUT2D eigenvalue weighted by Crippen LogP contribution is 2.19. The van der Waals surface area contributed by atoms with Crippen LogP contribution in [-0.4, -0.2) is 56.5 Å². The van der Waals surface area contributed by atoms with Gasteiger partial charge in [0.25, 0.3) is 5.91 Å². The van der Waals surface area contributed by atoms with E-state index in [1.54, 1.807) is 13.1 Å². The van der Waals surface area contributed by atoms with Crippen LogP contribution in [-0.2, 0) is 0 Å². The van der Waals surface area contributed by atoms with Gasteiger partial charge in [-0.05, 0) is 38.1 Å². The molecule has 1 aromatic heterocycles. The number of hydrogen-bond acceptors (Lipinski definition) is 4. The Balaban J connectivity index is 0.00000480. The van der Waals surface area contributed by atoms with Gasteiger partial charge in [-0.2, -0.15) is 0 Å². The van der Waals surface area contributed by atoms with E-state index in [9.17, 15) is 4.79 Å². The number of benzene rings is 1. The Labute approximate surface area is 203 Å². The van der Waals surface area contributed by atoms with Gasteiger partial charge in [0.15, 0.2) is 11.7 Å². The van der Waals surface area contributed by atoms with Gasteiger partial charge in [0, 0.05) is 32.2 Å². The van der Waals surface area contributed by atoms with Crippen molar-refractivity contribution < 1.29 is 9.21 Å². The van der Waals surface area contributed by atoms with Crippen LogP contribution in [0.4, 0.5) is 0 Å². The van der Waals surface area contributed by atoms with Crippen LogP contribution in [0.3, 0.4) is 0 Å². The van der Waals surface area contributed by atoms with Crippen molar-refractivity contribution in [2.24, 2.45) is 4.99 Å². The number of hydrogen-bond donors (Lipinski definition) is 3.